The highest BCUT2D eigenvalue weighted by molar-refractivity contribution is 6.43. The molecule has 0 radical (unpaired) electrons. The number of rotatable bonds is 3. The van der Waals surface area contributed by atoms with Crippen LogP contribution in [-0.2, 0) is 14.3 Å². The Balaban J connectivity index is 2.01. The molecule has 1 fully saturated rings. The summed E-state index contributed by atoms with van der Waals surface area (Å²) in [6.07, 6.45) is 2.58. The van der Waals surface area contributed by atoms with Crippen molar-refractivity contribution in [1.29, 1.82) is 0 Å². The first-order valence-electron chi connectivity index (χ1n) is 5.49. The lowest BCUT2D eigenvalue weighted by Gasteiger charge is -2.25. The predicted octanol–water partition coefficient (Wildman–Crippen LogP) is -0.505. The first-order valence-corrected chi connectivity index (χ1v) is 5.49. The normalized spacial score (nSPS) is 26.8. The first-order chi connectivity index (χ1) is 7.70. The lowest BCUT2D eigenvalue weighted by molar-refractivity contribution is -0.142. The standard InChI is InChI=1S/C11H15NO4/c13-7-8-5-9(14)11(15)10(16-8)6-12-3-1-2-4-12/h5,10,13H,1-4,6-7H2. The number of carbonyl (C=O) groups is 2. The summed E-state index contributed by atoms with van der Waals surface area (Å²) in [5.41, 5.74) is 0. The van der Waals surface area contributed by atoms with Crippen molar-refractivity contribution in [2.45, 2.75) is 18.9 Å². The molecule has 0 amide bonds. The van der Waals surface area contributed by atoms with E-state index in [1.807, 2.05) is 0 Å². The molecule has 2 aliphatic heterocycles. The van der Waals surface area contributed by atoms with Gasteiger partial charge < -0.3 is 9.84 Å². The van der Waals surface area contributed by atoms with Gasteiger partial charge in [0.1, 0.15) is 12.4 Å². The number of aliphatic hydroxyl groups excluding tert-OH is 1. The first kappa shape index (κ1) is 11.3. The molecule has 0 saturated carbocycles. The molecule has 2 rings (SSSR count). The Bertz CT molecular complexity index is 331. The van der Waals surface area contributed by atoms with Crippen LogP contribution in [0.1, 0.15) is 12.8 Å². The van der Waals surface area contributed by atoms with Crippen LogP contribution in [0.4, 0.5) is 0 Å². The fraction of sp³-hybridized carbons (Fsp3) is 0.636. The average Bonchev–Trinajstić information content (AvgIpc) is 2.77. The molecular weight excluding hydrogens is 210 g/mol. The van der Waals surface area contributed by atoms with Gasteiger partial charge in [0.25, 0.3) is 0 Å². The quantitative estimate of drug-likeness (QED) is 0.656. The van der Waals surface area contributed by atoms with Crippen molar-refractivity contribution < 1.29 is 19.4 Å². The summed E-state index contributed by atoms with van der Waals surface area (Å²) in [5, 5.41) is 8.90. The maximum Gasteiger partial charge on any atom is 0.244 e. The van der Waals surface area contributed by atoms with E-state index in [4.69, 9.17) is 9.84 Å². The maximum atomic E-state index is 11.5. The van der Waals surface area contributed by atoms with Crippen molar-refractivity contribution in [1.82, 2.24) is 4.90 Å². The zero-order valence-corrected chi connectivity index (χ0v) is 9.02. The number of likely N-dealkylation sites (tertiary alicyclic amines) is 1. The van der Waals surface area contributed by atoms with Crippen LogP contribution in [0, 0.1) is 0 Å². The highest BCUT2D eigenvalue weighted by atomic mass is 16.5. The van der Waals surface area contributed by atoms with E-state index in [0.29, 0.717) is 6.54 Å². The molecule has 88 valence electrons. The third kappa shape index (κ3) is 2.31. The van der Waals surface area contributed by atoms with E-state index in [9.17, 15) is 9.59 Å². The van der Waals surface area contributed by atoms with E-state index in [2.05, 4.69) is 4.90 Å². The van der Waals surface area contributed by atoms with Gasteiger partial charge in [-0.3, -0.25) is 14.5 Å². The van der Waals surface area contributed by atoms with Crippen molar-refractivity contribution in [3.63, 3.8) is 0 Å². The Morgan fingerprint density at radius 2 is 2.06 bits per heavy atom. The number of aliphatic hydroxyl groups is 1. The summed E-state index contributed by atoms with van der Waals surface area (Å²) in [4.78, 5) is 25.0. The van der Waals surface area contributed by atoms with E-state index in [1.165, 1.54) is 0 Å². The van der Waals surface area contributed by atoms with Gasteiger partial charge in [0, 0.05) is 12.6 Å². The maximum absolute atomic E-state index is 11.5. The molecule has 1 N–H and O–H groups in total. The molecule has 0 aliphatic carbocycles. The van der Waals surface area contributed by atoms with E-state index >= 15 is 0 Å². The summed E-state index contributed by atoms with van der Waals surface area (Å²) in [7, 11) is 0. The van der Waals surface area contributed by atoms with Crippen molar-refractivity contribution in [3.05, 3.63) is 11.8 Å². The summed E-state index contributed by atoms with van der Waals surface area (Å²) in [6, 6.07) is 0. The number of carbonyl (C=O) groups excluding carboxylic acids is 2. The molecule has 1 atom stereocenters. The van der Waals surface area contributed by atoms with Crippen LogP contribution in [0.15, 0.2) is 11.8 Å². The molecule has 1 saturated heterocycles. The predicted molar refractivity (Wildman–Crippen MR) is 55.7 cm³/mol. The van der Waals surface area contributed by atoms with Crippen molar-refractivity contribution in [3.8, 4) is 0 Å². The fourth-order valence-electron chi connectivity index (χ4n) is 2.05. The molecule has 0 aromatic heterocycles. The number of hydrogen-bond donors (Lipinski definition) is 1. The Kier molecular flexibility index (Phi) is 3.36. The van der Waals surface area contributed by atoms with E-state index in [1.54, 1.807) is 0 Å². The van der Waals surface area contributed by atoms with Gasteiger partial charge in [0.2, 0.25) is 11.6 Å². The van der Waals surface area contributed by atoms with Gasteiger partial charge in [0.05, 0.1) is 0 Å². The summed E-state index contributed by atoms with van der Waals surface area (Å²) in [5.74, 6) is -0.891. The second kappa shape index (κ2) is 4.76. The Morgan fingerprint density at radius 3 is 2.69 bits per heavy atom. The highest BCUT2D eigenvalue weighted by Gasteiger charge is 2.33. The minimum atomic E-state index is -0.738. The third-order valence-corrected chi connectivity index (χ3v) is 2.90. The molecule has 0 spiro atoms. The van der Waals surface area contributed by atoms with Gasteiger partial charge in [0.15, 0.2) is 6.10 Å². The van der Waals surface area contributed by atoms with Crippen molar-refractivity contribution >= 4 is 11.6 Å². The number of allylic oxidation sites excluding steroid dienone is 1. The molecule has 2 heterocycles. The SMILES string of the molecule is O=C1C=C(CO)OC(CN2CCCC2)C1=O. The number of ether oxygens (including phenoxy) is 1. The molecule has 5 nitrogen and oxygen atoms in total. The zero-order valence-electron chi connectivity index (χ0n) is 9.02. The van der Waals surface area contributed by atoms with Gasteiger partial charge in [-0.1, -0.05) is 0 Å². The minimum Gasteiger partial charge on any atom is -0.483 e. The van der Waals surface area contributed by atoms with E-state index in [-0.39, 0.29) is 12.4 Å². The Labute approximate surface area is 93.7 Å². The fourth-order valence-corrected chi connectivity index (χ4v) is 2.05. The average molecular weight is 225 g/mol. The number of nitrogens with zero attached hydrogens (tertiary/aromatic N) is 1. The number of Topliss-reactive ketones (excluding diaryl/α,β-unsaturated/α-hetero) is 1. The molecule has 2 aliphatic rings. The highest BCUT2D eigenvalue weighted by Crippen LogP contribution is 2.15. The minimum absolute atomic E-state index is 0.189. The van der Waals surface area contributed by atoms with Crippen LogP contribution in [0.2, 0.25) is 0 Å². The van der Waals surface area contributed by atoms with Crippen LogP contribution in [-0.4, -0.2) is 53.9 Å². The zero-order chi connectivity index (χ0) is 11.5. The van der Waals surface area contributed by atoms with Crippen LogP contribution in [0.5, 0.6) is 0 Å². The lowest BCUT2D eigenvalue weighted by atomic mass is 10.1. The number of ketones is 2. The van der Waals surface area contributed by atoms with Crippen LogP contribution in [0.3, 0.4) is 0 Å². The lowest BCUT2D eigenvalue weighted by Crippen LogP contribution is -2.42. The molecule has 0 aromatic carbocycles. The second-order valence-electron chi connectivity index (χ2n) is 4.11. The molecule has 0 bridgehead atoms. The largest absolute Gasteiger partial charge is 0.483 e. The van der Waals surface area contributed by atoms with E-state index in [0.717, 1.165) is 32.0 Å². The van der Waals surface area contributed by atoms with Crippen molar-refractivity contribution in [2.75, 3.05) is 26.2 Å². The van der Waals surface area contributed by atoms with Gasteiger partial charge in [-0.05, 0) is 25.9 Å². The summed E-state index contributed by atoms with van der Waals surface area (Å²) in [6.45, 7) is 2.00. The third-order valence-electron chi connectivity index (χ3n) is 2.90. The van der Waals surface area contributed by atoms with Gasteiger partial charge >= 0.3 is 0 Å². The summed E-state index contributed by atoms with van der Waals surface area (Å²) < 4.78 is 5.28. The van der Waals surface area contributed by atoms with Crippen LogP contribution >= 0.6 is 0 Å². The molecular formula is C11H15NO4. The number of hydrogen-bond acceptors (Lipinski definition) is 5. The summed E-state index contributed by atoms with van der Waals surface area (Å²) >= 11 is 0. The monoisotopic (exact) mass is 225 g/mol. The van der Waals surface area contributed by atoms with Gasteiger partial charge in [-0.25, -0.2) is 0 Å². The molecule has 16 heavy (non-hydrogen) atoms. The molecule has 0 aromatic rings. The second-order valence-corrected chi connectivity index (χ2v) is 4.11. The van der Waals surface area contributed by atoms with E-state index < -0.39 is 17.7 Å². The van der Waals surface area contributed by atoms with Gasteiger partial charge in [-0.2, -0.15) is 0 Å². The smallest absolute Gasteiger partial charge is 0.244 e. The molecule has 5 heteroatoms. The Morgan fingerprint density at radius 1 is 1.38 bits per heavy atom. The van der Waals surface area contributed by atoms with Crippen molar-refractivity contribution in [2.24, 2.45) is 0 Å². The van der Waals surface area contributed by atoms with Gasteiger partial charge in [-0.15, -0.1) is 0 Å². The topological polar surface area (TPSA) is 66.8 Å². The molecule has 1 unspecified atom stereocenters. The van der Waals surface area contributed by atoms with Crippen LogP contribution in [0.25, 0.3) is 0 Å². The Hall–Kier alpha value is -1.20. The van der Waals surface area contributed by atoms with Crippen LogP contribution < -0.4 is 0 Å².